The Morgan fingerprint density at radius 3 is 2.56 bits per heavy atom. The molecule has 0 radical (unpaired) electrons. The second-order valence-electron chi connectivity index (χ2n) is 3.98. The van der Waals surface area contributed by atoms with Gasteiger partial charge in [-0.2, -0.15) is 0 Å². The maximum Gasteiger partial charge on any atom is 0.0942 e. The SMILES string of the molecule is Cc1cc(C)cc(NCCc2nccs2)c1. The summed E-state index contributed by atoms with van der Waals surface area (Å²) in [5, 5.41) is 6.64. The molecule has 0 bridgehead atoms. The van der Waals surface area contributed by atoms with Crippen LogP contribution in [0.5, 0.6) is 0 Å². The quantitative estimate of drug-likeness (QED) is 0.873. The van der Waals surface area contributed by atoms with Gasteiger partial charge < -0.3 is 5.32 Å². The summed E-state index contributed by atoms with van der Waals surface area (Å²) in [6.07, 6.45) is 2.85. The summed E-state index contributed by atoms with van der Waals surface area (Å²) in [5.74, 6) is 0. The van der Waals surface area contributed by atoms with Crippen molar-refractivity contribution in [2.45, 2.75) is 20.3 Å². The minimum Gasteiger partial charge on any atom is -0.385 e. The Balaban J connectivity index is 1.89. The van der Waals surface area contributed by atoms with Crippen molar-refractivity contribution in [2.75, 3.05) is 11.9 Å². The number of hydrogen-bond acceptors (Lipinski definition) is 3. The topological polar surface area (TPSA) is 24.9 Å². The fourth-order valence-electron chi connectivity index (χ4n) is 1.77. The van der Waals surface area contributed by atoms with Crippen molar-refractivity contribution in [1.29, 1.82) is 0 Å². The molecule has 2 nitrogen and oxygen atoms in total. The lowest BCUT2D eigenvalue weighted by molar-refractivity contribution is 0.997. The van der Waals surface area contributed by atoms with Crippen molar-refractivity contribution >= 4 is 17.0 Å². The van der Waals surface area contributed by atoms with Crippen molar-refractivity contribution in [1.82, 2.24) is 4.98 Å². The molecule has 0 atom stereocenters. The van der Waals surface area contributed by atoms with Gasteiger partial charge in [-0.1, -0.05) is 6.07 Å². The molecule has 84 valence electrons. The van der Waals surface area contributed by atoms with Gasteiger partial charge in [0.2, 0.25) is 0 Å². The van der Waals surface area contributed by atoms with E-state index in [0.29, 0.717) is 0 Å². The van der Waals surface area contributed by atoms with Crippen LogP contribution in [0.25, 0.3) is 0 Å². The number of thiazole rings is 1. The third-order valence-electron chi connectivity index (χ3n) is 2.37. The lowest BCUT2D eigenvalue weighted by atomic mass is 10.1. The third kappa shape index (κ3) is 3.07. The molecule has 1 aromatic carbocycles. The first-order valence-corrected chi connectivity index (χ1v) is 6.32. The predicted molar refractivity (Wildman–Crippen MR) is 70.2 cm³/mol. The van der Waals surface area contributed by atoms with E-state index in [1.807, 2.05) is 11.6 Å². The summed E-state index contributed by atoms with van der Waals surface area (Å²) in [5.41, 5.74) is 3.81. The van der Waals surface area contributed by atoms with E-state index in [2.05, 4.69) is 42.3 Å². The van der Waals surface area contributed by atoms with Gasteiger partial charge >= 0.3 is 0 Å². The Morgan fingerprint density at radius 1 is 1.19 bits per heavy atom. The van der Waals surface area contributed by atoms with Crippen LogP contribution in [0.1, 0.15) is 16.1 Å². The molecule has 0 saturated carbocycles. The van der Waals surface area contributed by atoms with Gasteiger partial charge in [0.1, 0.15) is 0 Å². The monoisotopic (exact) mass is 232 g/mol. The van der Waals surface area contributed by atoms with Crippen LogP contribution in [0.3, 0.4) is 0 Å². The average molecular weight is 232 g/mol. The molecule has 0 spiro atoms. The zero-order valence-electron chi connectivity index (χ0n) is 9.66. The summed E-state index contributed by atoms with van der Waals surface area (Å²) in [7, 11) is 0. The van der Waals surface area contributed by atoms with E-state index in [0.717, 1.165) is 13.0 Å². The highest BCUT2D eigenvalue weighted by Crippen LogP contribution is 2.14. The second-order valence-corrected chi connectivity index (χ2v) is 4.96. The van der Waals surface area contributed by atoms with Crippen molar-refractivity contribution < 1.29 is 0 Å². The van der Waals surface area contributed by atoms with E-state index >= 15 is 0 Å². The zero-order chi connectivity index (χ0) is 11.4. The van der Waals surface area contributed by atoms with Crippen LogP contribution in [0.15, 0.2) is 29.8 Å². The highest BCUT2D eigenvalue weighted by molar-refractivity contribution is 7.09. The van der Waals surface area contributed by atoms with Crippen LogP contribution in [-0.4, -0.2) is 11.5 Å². The molecule has 0 aliphatic heterocycles. The van der Waals surface area contributed by atoms with Crippen LogP contribution in [0, 0.1) is 13.8 Å². The first kappa shape index (κ1) is 11.1. The molecule has 2 rings (SSSR count). The second kappa shape index (κ2) is 5.12. The van der Waals surface area contributed by atoms with Crippen molar-refractivity contribution in [3.05, 3.63) is 45.9 Å². The maximum absolute atomic E-state index is 4.26. The number of aromatic nitrogens is 1. The molecule has 0 aliphatic rings. The third-order valence-corrected chi connectivity index (χ3v) is 3.21. The molecule has 1 heterocycles. The maximum atomic E-state index is 4.26. The standard InChI is InChI=1S/C13H16N2S/c1-10-7-11(2)9-12(8-10)14-4-3-13-15-5-6-16-13/h5-9,14H,3-4H2,1-2H3. The predicted octanol–water partition coefficient (Wildman–Crippen LogP) is 3.41. The smallest absolute Gasteiger partial charge is 0.0942 e. The van der Waals surface area contributed by atoms with Gasteiger partial charge in [-0.05, 0) is 37.1 Å². The minimum absolute atomic E-state index is 0.941. The van der Waals surface area contributed by atoms with Crippen molar-refractivity contribution in [3.63, 3.8) is 0 Å². The Morgan fingerprint density at radius 2 is 1.94 bits per heavy atom. The van der Waals surface area contributed by atoms with Gasteiger partial charge in [0.25, 0.3) is 0 Å². The fraction of sp³-hybridized carbons (Fsp3) is 0.308. The Bertz CT molecular complexity index is 429. The van der Waals surface area contributed by atoms with E-state index in [1.54, 1.807) is 11.3 Å². The molecule has 0 fully saturated rings. The molecule has 3 heteroatoms. The first-order valence-electron chi connectivity index (χ1n) is 5.44. The number of anilines is 1. The molecule has 1 N–H and O–H groups in total. The van der Waals surface area contributed by atoms with Crippen LogP contribution in [0.2, 0.25) is 0 Å². The van der Waals surface area contributed by atoms with E-state index < -0.39 is 0 Å². The molecule has 0 unspecified atom stereocenters. The molecular formula is C13H16N2S. The molecule has 0 aliphatic carbocycles. The lowest BCUT2D eigenvalue weighted by Gasteiger charge is -2.07. The highest BCUT2D eigenvalue weighted by Gasteiger charge is 1.97. The van der Waals surface area contributed by atoms with Gasteiger partial charge in [0.15, 0.2) is 0 Å². The fourth-order valence-corrected chi connectivity index (χ4v) is 2.39. The van der Waals surface area contributed by atoms with Gasteiger partial charge in [0.05, 0.1) is 5.01 Å². The average Bonchev–Trinajstić information content (AvgIpc) is 2.69. The zero-order valence-corrected chi connectivity index (χ0v) is 10.5. The molecule has 0 saturated heterocycles. The number of aryl methyl sites for hydroxylation is 2. The van der Waals surface area contributed by atoms with Crippen LogP contribution in [-0.2, 0) is 6.42 Å². The van der Waals surface area contributed by atoms with Crippen LogP contribution in [0.4, 0.5) is 5.69 Å². The summed E-state index contributed by atoms with van der Waals surface area (Å²) in [6.45, 7) is 5.19. The molecule has 1 aromatic heterocycles. The van der Waals surface area contributed by atoms with E-state index in [4.69, 9.17) is 0 Å². The number of nitrogens with one attached hydrogen (secondary N) is 1. The summed E-state index contributed by atoms with van der Waals surface area (Å²) >= 11 is 1.71. The normalized spacial score (nSPS) is 10.4. The van der Waals surface area contributed by atoms with E-state index in [1.165, 1.54) is 21.8 Å². The Hall–Kier alpha value is -1.35. The largest absolute Gasteiger partial charge is 0.385 e. The Kier molecular flexibility index (Phi) is 3.57. The highest BCUT2D eigenvalue weighted by atomic mass is 32.1. The van der Waals surface area contributed by atoms with Crippen molar-refractivity contribution in [3.8, 4) is 0 Å². The minimum atomic E-state index is 0.941. The summed E-state index contributed by atoms with van der Waals surface area (Å²) in [4.78, 5) is 4.26. The summed E-state index contributed by atoms with van der Waals surface area (Å²) in [6, 6.07) is 6.54. The van der Waals surface area contributed by atoms with Gasteiger partial charge in [-0.15, -0.1) is 11.3 Å². The van der Waals surface area contributed by atoms with Gasteiger partial charge in [0, 0.05) is 30.2 Å². The molecule has 16 heavy (non-hydrogen) atoms. The van der Waals surface area contributed by atoms with E-state index in [9.17, 15) is 0 Å². The Labute approximate surface area is 100 Å². The first-order chi connectivity index (χ1) is 7.74. The van der Waals surface area contributed by atoms with Crippen LogP contribution < -0.4 is 5.32 Å². The number of rotatable bonds is 4. The number of hydrogen-bond donors (Lipinski definition) is 1. The van der Waals surface area contributed by atoms with Gasteiger partial charge in [-0.3, -0.25) is 0 Å². The molecular weight excluding hydrogens is 216 g/mol. The molecule has 2 aromatic rings. The van der Waals surface area contributed by atoms with Crippen molar-refractivity contribution in [2.24, 2.45) is 0 Å². The van der Waals surface area contributed by atoms with Gasteiger partial charge in [-0.25, -0.2) is 4.98 Å². The number of benzene rings is 1. The van der Waals surface area contributed by atoms with Crippen LogP contribution >= 0.6 is 11.3 Å². The summed E-state index contributed by atoms with van der Waals surface area (Å²) < 4.78 is 0. The number of nitrogens with zero attached hydrogens (tertiary/aromatic N) is 1. The molecule has 0 amide bonds. The lowest BCUT2D eigenvalue weighted by Crippen LogP contribution is -2.04. The van der Waals surface area contributed by atoms with E-state index in [-0.39, 0.29) is 0 Å².